The van der Waals surface area contributed by atoms with Crippen molar-refractivity contribution in [2.24, 2.45) is 0 Å². The summed E-state index contributed by atoms with van der Waals surface area (Å²) in [6.07, 6.45) is 0.525. The van der Waals surface area contributed by atoms with E-state index >= 15 is 0 Å². The van der Waals surface area contributed by atoms with Gasteiger partial charge in [-0.1, -0.05) is 11.6 Å². The lowest BCUT2D eigenvalue weighted by Gasteiger charge is -2.13. The zero-order valence-corrected chi connectivity index (χ0v) is 11.3. The van der Waals surface area contributed by atoms with Crippen LogP contribution in [-0.2, 0) is 6.42 Å². The average molecular weight is 296 g/mol. The molecule has 0 bridgehead atoms. The van der Waals surface area contributed by atoms with E-state index in [4.69, 9.17) is 16.3 Å². The molecule has 1 atom stereocenters. The van der Waals surface area contributed by atoms with Gasteiger partial charge < -0.3 is 10.1 Å². The number of ether oxygens (including phenoxy) is 1. The Balaban J connectivity index is 1.63. The fraction of sp³-hybridized carbons (Fsp3) is 0.200. The number of halogens is 3. The van der Waals surface area contributed by atoms with Gasteiger partial charge in [0, 0.05) is 22.7 Å². The Labute approximate surface area is 120 Å². The average Bonchev–Trinajstić information content (AvgIpc) is 2.77. The Morgan fingerprint density at radius 2 is 2.00 bits per heavy atom. The Hall–Kier alpha value is -1.81. The minimum atomic E-state index is -0.391. The van der Waals surface area contributed by atoms with Crippen molar-refractivity contribution in [3.63, 3.8) is 0 Å². The van der Waals surface area contributed by atoms with Crippen LogP contribution < -0.4 is 10.1 Å². The third-order valence-electron chi connectivity index (χ3n) is 3.16. The van der Waals surface area contributed by atoms with Crippen LogP contribution in [0.15, 0.2) is 36.4 Å². The summed E-state index contributed by atoms with van der Waals surface area (Å²) in [5.74, 6) is 0.0473. The second kappa shape index (κ2) is 5.29. The second-order valence-corrected chi connectivity index (χ2v) is 5.17. The van der Waals surface area contributed by atoms with Crippen molar-refractivity contribution in [1.82, 2.24) is 0 Å². The van der Waals surface area contributed by atoms with E-state index < -0.39 is 5.82 Å². The lowest BCUT2D eigenvalue weighted by Crippen LogP contribution is -2.23. The third-order valence-corrected chi connectivity index (χ3v) is 3.38. The van der Waals surface area contributed by atoms with Crippen LogP contribution in [-0.4, -0.2) is 12.6 Å². The van der Waals surface area contributed by atoms with Crippen LogP contribution in [0.3, 0.4) is 0 Å². The van der Waals surface area contributed by atoms with Crippen molar-refractivity contribution in [3.05, 3.63) is 58.6 Å². The van der Waals surface area contributed by atoms with Crippen LogP contribution in [0, 0.1) is 11.6 Å². The molecule has 1 N–H and O–H groups in total. The van der Waals surface area contributed by atoms with Crippen molar-refractivity contribution in [1.29, 1.82) is 0 Å². The predicted octanol–water partition coefficient (Wildman–Crippen LogP) is 4.03. The maximum absolute atomic E-state index is 13.2. The van der Waals surface area contributed by atoms with Gasteiger partial charge in [-0.05, 0) is 36.4 Å². The molecule has 0 saturated heterocycles. The first-order valence-electron chi connectivity index (χ1n) is 6.25. The summed E-state index contributed by atoms with van der Waals surface area (Å²) in [5, 5.41) is 3.41. The highest BCUT2D eigenvalue weighted by atomic mass is 35.5. The molecule has 1 aliphatic rings. The SMILES string of the molecule is Fc1cc(Cl)cc(NCC2Cc3cc(F)ccc3O2)c1. The van der Waals surface area contributed by atoms with Gasteiger partial charge in [0.15, 0.2) is 0 Å². The zero-order chi connectivity index (χ0) is 14.1. The largest absolute Gasteiger partial charge is 0.488 e. The maximum Gasteiger partial charge on any atom is 0.126 e. The molecule has 0 radical (unpaired) electrons. The van der Waals surface area contributed by atoms with E-state index in [-0.39, 0.29) is 11.9 Å². The highest BCUT2D eigenvalue weighted by Gasteiger charge is 2.22. The highest BCUT2D eigenvalue weighted by molar-refractivity contribution is 6.30. The van der Waals surface area contributed by atoms with Gasteiger partial charge in [-0.2, -0.15) is 0 Å². The van der Waals surface area contributed by atoms with Crippen LogP contribution in [0.4, 0.5) is 14.5 Å². The molecule has 3 rings (SSSR count). The molecule has 1 unspecified atom stereocenters. The Morgan fingerprint density at radius 1 is 1.15 bits per heavy atom. The summed E-state index contributed by atoms with van der Waals surface area (Å²) in [4.78, 5) is 0. The molecule has 2 nitrogen and oxygen atoms in total. The lowest BCUT2D eigenvalue weighted by molar-refractivity contribution is 0.246. The van der Waals surface area contributed by atoms with Crippen molar-refractivity contribution in [2.45, 2.75) is 12.5 Å². The van der Waals surface area contributed by atoms with E-state index in [9.17, 15) is 8.78 Å². The van der Waals surface area contributed by atoms with E-state index in [1.165, 1.54) is 24.3 Å². The van der Waals surface area contributed by atoms with Crippen molar-refractivity contribution >= 4 is 17.3 Å². The van der Waals surface area contributed by atoms with Gasteiger partial charge in [0.1, 0.15) is 23.5 Å². The number of anilines is 1. The maximum atomic E-state index is 13.2. The topological polar surface area (TPSA) is 21.3 Å². The normalized spacial score (nSPS) is 16.6. The van der Waals surface area contributed by atoms with Crippen molar-refractivity contribution in [3.8, 4) is 5.75 Å². The summed E-state index contributed by atoms with van der Waals surface area (Å²) in [6, 6.07) is 8.75. The van der Waals surface area contributed by atoms with Crippen LogP contribution in [0.25, 0.3) is 0 Å². The molecule has 104 valence electrons. The van der Waals surface area contributed by atoms with Gasteiger partial charge in [0.2, 0.25) is 0 Å². The highest BCUT2D eigenvalue weighted by Crippen LogP contribution is 2.29. The molecular formula is C15H12ClF2NO. The van der Waals surface area contributed by atoms with Gasteiger partial charge in [0.05, 0.1) is 6.54 Å². The van der Waals surface area contributed by atoms with Gasteiger partial charge >= 0.3 is 0 Å². The number of fused-ring (bicyclic) bond motifs is 1. The summed E-state index contributed by atoms with van der Waals surface area (Å²) < 4.78 is 32.0. The molecule has 2 aromatic rings. The summed E-state index contributed by atoms with van der Waals surface area (Å²) in [6.45, 7) is 0.496. The fourth-order valence-corrected chi connectivity index (χ4v) is 2.51. The molecule has 20 heavy (non-hydrogen) atoms. The Bertz CT molecular complexity index is 628. The molecule has 5 heteroatoms. The standard InChI is InChI=1S/C15H12ClF2NO/c16-10-5-12(18)7-13(6-10)19-8-14-4-9-3-11(17)1-2-15(9)20-14/h1-3,5-7,14,19H,4,8H2. The zero-order valence-electron chi connectivity index (χ0n) is 10.5. The van der Waals surface area contributed by atoms with Crippen molar-refractivity contribution < 1.29 is 13.5 Å². The molecule has 0 aromatic heterocycles. The van der Waals surface area contributed by atoms with Gasteiger partial charge in [-0.15, -0.1) is 0 Å². The molecule has 0 fully saturated rings. The molecular weight excluding hydrogens is 284 g/mol. The van der Waals surface area contributed by atoms with Gasteiger partial charge in [0.25, 0.3) is 0 Å². The van der Waals surface area contributed by atoms with Gasteiger partial charge in [-0.25, -0.2) is 8.78 Å². The van der Waals surface area contributed by atoms with Crippen LogP contribution >= 0.6 is 11.6 Å². The van der Waals surface area contributed by atoms with Crippen molar-refractivity contribution in [2.75, 3.05) is 11.9 Å². The minimum absolute atomic E-state index is 0.103. The molecule has 1 heterocycles. The molecule has 0 spiro atoms. The van der Waals surface area contributed by atoms with E-state index in [1.807, 2.05) is 0 Å². The number of nitrogens with one attached hydrogen (secondary N) is 1. The first-order valence-corrected chi connectivity index (χ1v) is 6.63. The van der Waals surface area contributed by atoms with Gasteiger partial charge in [-0.3, -0.25) is 0 Å². The summed E-state index contributed by atoms with van der Waals surface area (Å²) >= 11 is 5.78. The van der Waals surface area contributed by atoms with E-state index in [1.54, 1.807) is 12.1 Å². The van der Waals surface area contributed by atoms with Crippen LogP contribution in [0.2, 0.25) is 5.02 Å². The summed E-state index contributed by atoms with van der Waals surface area (Å²) in [7, 11) is 0. The minimum Gasteiger partial charge on any atom is -0.488 e. The Kier molecular flexibility index (Phi) is 3.49. The fourth-order valence-electron chi connectivity index (χ4n) is 2.29. The van der Waals surface area contributed by atoms with E-state index in [0.29, 0.717) is 29.4 Å². The monoisotopic (exact) mass is 295 g/mol. The van der Waals surface area contributed by atoms with Crippen LogP contribution in [0.5, 0.6) is 5.75 Å². The van der Waals surface area contributed by atoms with E-state index in [2.05, 4.69) is 5.32 Å². The molecule has 0 amide bonds. The molecule has 2 aromatic carbocycles. The molecule has 0 aliphatic carbocycles. The second-order valence-electron chi connectivity index (χ2n) is 4.74. The number of benzene rings is 2. The number of rotatable bonds is 3. The Morgan fingerprint density at radius 3 is 2.80 bits per heavy atom. The number of hydrogen-bond donors (Lipinski definition) is 1. The molecule has 0 saturated carbocycles. The predicted molar refractivity (Wildman–Crippen MR) is 74.4 cm³/mol. The number of hydrogen-bond acceptors (Lipinski definition) is 2. The smallest absolute Gasteiger partial charge is 0.126 e. The van der Waals surface area contributed by atoms with E-state index in [0.717, 1.165) is 5.56 Å². The lowest BCUT2D eigenvalue weighted by atomic mass is 10.1. The first-order chi connectivity index (χ1) is 9.60. The first kappa shape index (κ1) is 13.2. The quantitative estimate of drug-likeness (QED) is 0.923. The molecule has 1 aliphatic heterocycles. The van der Waals surface area contributed by atoms with Crippen LogP contribution in [0.1, 0.15) is 5.56 Å². The third kappa shape index (κ3) is 2.85. The summed E-state index contributed by atoms with van der Waals surface area (Å²) in [5.41, 5.74) is 1.45.